The number of hydrogen-bond donors (Lipinski definition) is 2. The molecule has 2 N–H and O–H groups in total. The van der Waals surface area contributed by atoms with Crippen molar-refractivity contribution in [2.45, 2.75) is 17.9 Å². The first kappa shape index (κ1) is 20.5. The molecule has 3 aromatic rings. The van der Waals surface area contributed by atoms with Gasteiger partial charge >= 0.3 is 5.69 Å². The highest BCUT2D eigenvalue weighted by Gasteiger charge is 2.16. The van der Waals surface area contributed by atoms with Crippen LogP contribution in [0.1, 0.15) is 16.8 Å². The van der Waals surface area contributed by atoms with Crippen LogP contribution in [-0.4, -0.2) is 41.6 Å². The Morgan fingerprint density at radius 3 is 2.79 bits per heavy atom. The van der Waals surface area contributed by atoms with E-state index in [-0.39, 0.29) is 41.7 Å². The van der Waals surface area contributed by atoms with Gasteiger partial charge in [0.15, 0.2) is 5.65 Å². The van der Waals surface area contributed by atoms with E-state index >= 15 is 0 Å². The normalized spacial score (nSPS) is 11.4. The highest BCUT2D eigenvalue weighted by molar-refractivity contribution is 7.89. The number of amides is 1. The average molecular weight is 415 g/mol. The fourth-order valence-electron chi connectivity index (χ4n) is 2.70. The molecule has 0 aliphatic heterocycles. The number of aryl methyl sites for hydroxylation is 1. The first-order chi connectivity index (χ1) is 13.9. The van der Waals surface area contributed by atoms with Crippen LogP contribution < -0.4 is 15.7 Å². The fraction of sp³-hybridized carbons (Fsp3) is 0.211. The molecule has 0 spiro atoms. The molecule has 0 bridgehead atoms. The zero-order valence-corrected chi connectivity index (χ0v) is 16.4. The van der Waals surface area contributed by atoms with Gasteiger partial charge in [0.25, 0.3) is 5.91 Å². The van der Waals surface area contributed by atoms with Crippen molar-refractivity contribution in [1.82, 2.24) is 24.2 Å². The topological polar surface area (TPSA) is 115 Å². The molecule has 0 aliphatic carbocycles. The molecule has 0 radical (unpaired) electrons. The highest BCUT2D eigenvalue weighted by atomic mass is 32.2. The third-order valence-corrected chi connectivity index (χ3v) is 5.60. The fourth-order valence-corrected chi connectivity index (χ4v) is 3.82. The number of fused-ring (bicyclic) bond motifs is 1. The molecule has 0 unspecified atom stereocenters. The summed E-state index contributed by atoms with van der Waals surface area (Å²) >= 11 is 0. The summed E-state index contributed by atoms with van der Waals surface area (Å²) in [6.07, 6.45) is 3.54. The molecule has 3 rings (SSSR count). The molecule has 1 aromatic carbocycles. The standard InChI is InChI=1S/C19H21N5O4S/c1-2-10-20-18(25)15-7-5-8-16(14-15)29(27,28)21-11-6-13-24-19(26)23-12-4-3-9-17(23)22-24/h2-5,7-9,12,14,21H,1,6,10-11,13H2,(H,20,25). The van der Waals surface area contributed by atoms with Gasteiger partial charge in [0.1, 0.15) is 0 Å². The number of rotatable bonds is 9. The van der Waals surface area contributed by atoms with Crippen LogP contribution in [0.5, 0.6) is 0 Å². The van der Waals surface area contributed by atoms with Crippen LogP contribution >= 0.6 is 0 Å². The lowest BCUT2D eigenvalue weighted by molar-refractivity contribution is 0.0958. The molecule has 152 valence electrons. The van der Waals surface area contributed by atoms with Gasteiger partial charge in [0.05, 0.1) is 4.90 Å². The maximum absolute atomic E-state index is 12.5. The van der Waals surface area contributed by atoms with Gasteiger partial charge in [-0.3, -0.25) is 9.20 Å². The van der Waals surface area contributed by atoms with E-state index in [0.29, 0.717) is 12.1 Å². The Bertz CT molecular complexity index is 1200. The average Bonchev–Trinajstić information content (AvgIpc) is 3.05. The Labute approximate surface area is 167 Å². The van der Waals surface area contributed by atoms with Crippen LogP contribution in [0.2, 0.25) is 0 Å². The molecule has 0 atom stereocenters. The second-order valence-electron chi connectivity index (χ2n) is 6.21. The zero-order valence-electron chi connectivity index (χ0n) is 15.6. The summed E-state index contributed by atoms with van der Waals surface area (Å²) in [4.78, 5) is 24.2. The Morgan fingerprint density at radius 2 is 2.03 bits per heavy atom. The summed E-state index contributed by atoms with van der Waals surface area (Å²) < 4.78 is 30.2. The summed E-state index contributed by atoms with van der Waals surface area (Å²) in [7, 11) is -3.79. The SMILES string of the molecule is C=CCNC(=O)c1cccc(S(=O)(=O)NCCCn2nc3ccccn3c2=O)c1. The molecule has 1 amide bonds. The first-order valence-corrected chi connectivity index (χ1v) is 10.4. The van der Waals surface area contributed by atoms with E-state index in [1.54, 1.807) is 24.4 Å². The lowest BCUT2D eigenvalue weighted by Gasteiger charge is -2.08. The number of aromatic nitrogens is 3. The molecular weight excluding hydrogens is 394 g/mol. The molecule has 2 aromatic heterocycles. The number of sulfonamides is 1. The van der Waals surface area contributed by atoms with Crippen molar-refractivity contribution in [3.8, 4) is 0 Å². The minimum absolute atomic E-state index is 0.00588. The van der Waals surface area contributed by atoms with Gasteiger partial charge in [-0.2, -0.15) is 0 Å². The molecule has 29 heavy (non-hydrogen) atoms. The van der Waals surface area contributed by atoms with E-state index < -0.39 is 10.0 Å². The number of carbonyl (C=O) groups is 1. The van der Waals surface area contributed by atoms with E-state index in [4.69, 9.17) is 0 Å². The Morgan fingerprint density at radius 1 is 1.21 bits per heavy atom. The number of hydrogen-bond acceptors (Lipinski definition) is 5. The number of benzene rings is 1. The van der Waals surface area contributed by atoms with Gasteiger partial charge in [0, 0.05) is 31.4 Å². The number of nitrogens with one attached hydrogen (secondary N) is 2. The van der Waals surface area contributed by atoms with Crippen LogP contribution in [0.4, 0.5) is 0 Å². The predicted molar refractivity (Wildman–Crippen MR) is 108 cm³/mol. The quantitative estimate of drug-likeness (QED) is 0.396. The van der Waals surface area contributed by atoms with Crippen molar-refractivity contribution in [2.75, 3.05) is 13.1 Å². The summed E-state index contributed by atoms with van der Waals surface area (Å²) in [6, 6.07) is 11.0. The Hall–Kier alpha value is -3.24. The summed E-state index contributed by atoms with van der Waals surface area (Å²) in [5.41, 5.74) is 0.497. The molecule has 0 saturated carbocycles. The molecule has 10 heteroatoms. The smallest absolute Gasteiger partial charge is 0.349 e. The van der Waals surface area contributed by atoms with Crippen molar-refractivity contribution in [1.29, 1.82) is 0 Å². The largest absolute Gasteiger partial charge is 0.350 e. The first-order valence-electron chi connectivity index (χ1n) is 8.95. The van der Waals surface area contributed by atoms with Gasteiger partial charge < -0.3 is 5.32 Å². The third kappa shape index (κ3) is 4.79. The maximum Gasteiger partial charge on any atom is 0.350 e. The van der Waals surface area contributed by atoms with Crippen LogP contribution in [0.15, 0.2) is 71.0 Å². The second-order valence-corrected chi connectivity index (χ2v) is 7.98. The van der Waals surface area contributed by atoms with Crippen molar-refractivity contribution < 1.29 is 13.2 Å². The highest BCUT2D eigenvalue weighted by Crippen LogP contribution is 2.11. The molecule has 0 aliphatic rings. The van der Waals surface area contributed by atoms with Crippen molar-refractivity contribution >= 4 is 21.6 Å². The molecule has 9 nitrogen and oxygen atoms in total. The lowest BCUT2D eigenvalue weighted by Crippen LogP contribution is -2.28. The van der Waals surface area contributed by atoms with E-state index in [1.165, 1.54) is 39.4 Å². The Kier molecular flexibility index (Phi) is 6.25. The second kappa shape index (κ2) is 8.84. The molecular formula is C19H21N5O4S. The van der Waals surface area contributed by atoms with Crippen LogP contribution in [0, 0.1) is 0 Å². The molecule has 2 heterocycles. The van der Waals surface area contributed by atoms with Crippen LogP contribution in [0.25, 0.3) is 5.65 Å². The summed E-state index contributed by atoms with van der Waals surface area (Å²) in [5.74, 6) is -0.381. The van der Waals surface area contributed by atoms with Gasteiger partial charge in [-0.25, -0.2) is 22.6 Å². The van der Waals surface area contributed by atoms with E-state index in [1.807, 2.05) is 0 Å². The monoisotopic (exact) mass is 415 g/mol. The van der Waals surface area contributed by atoms with E-state index in [2.05, 4.69) is 21.7 Å². The van der Waals surface area contributed by atoms with Gasteiger partial charge in [-0.05, 0) is 36.8 Å². The van der Waals surface area contributed by atoms with Gasteiger partial charge in [-0.1, -0.05) is 18.2 Å². The lowest BCUT2D eigenvalue weighted by atomic mass is 10.2. The predicted octanol–water partition coefficient (Wildman–Crippen LogP) is 0.780. The van der Waals surface area contributed by atoms with Crippen LogP contribution in [-0.2, 0) is 16.6 Å². The molecule has 0 fully saturated rings. The van der Waals surface area contributed by atoms with Gasteiger partial charge in [0.2, 0.25) is 10.0 Å². The van der Waals surface area contributed by atoms with E-state index in [0.717, 1.165) is 0 Å². The minimum atomic E-state index is -3.79. The maximum atomic E-state index is 12.5. The van der Waals surface area contributed by atoms with Crippen molar-refractivity contribution in [2.24, 2.45) is 0 Å². The zero-order chi connectivity index (χ0) is 20.9. The van der Waals surface area contributed by atoms with Crippen LogP contribution in [0.3, 0.4) is 0 Å². The minimum Gasteiger partial charge on any atom is -0.349 e. The summed E-state index contributed by atoms with van der Waals surface area (Å²) in [5, 5.41) is 6.80. The Balaban J connectivity index is 1.61. The number of carbonyl (C=O) groups excluding carboxylic acids is 1. The van der Waals surface area contributed by atoms with Gasteiger partial charge in [-0.15, -0.1) is 11.7 Å². The van der Waals surface area contributed by atoms with Crippen molar-refractivity contribution in [3.63, 3.8) is 0 Å². The molecule has 0 saturated heterocycles. The summed E-state index contributed by atoms with van der Waals surface area (Å²) in [6.45, 7) is 4.20. The van der Waals surface area contributed by atoms with E-state index in [9.17, 15) is 18.0 Å². The van der Waals surface area contributed by atoms with Crippen molar-refractivity contribution in [3.05, 3.63) is 77.4 Å². The number of nitrogens with zero attached hydrogens (tertiary/aromatic N) is 3. The third-order valence-electron chi connectivity index (χ3n) is 4.14. The number of pyridine rings is 1.